The van der Waals surface area contributed by atoms with Gasteiger partial charge in [-0.25, -0.2) is 9.18 Å². The number of alkyl halides is 1. The molecule has 0 aromatic rings. The molecule has 0 aliphatic carbocycles. The van der Waals surface area contributed by atoms with E-state index in [1.54, 1.807) is 0 Å². The van der Waals surface area contributed by atoms with Gasteiger partial charge in [0.2, 0.25) is 0 Å². The van der Waals surface area contributed by atoms with Crippen molar-refractivity contribution in [2.45, 2.75) is 18.6 Å². The molecule has 2 atom stereocenters. The summed E-state index contributed by atoms with van der Waals surface area (Å²) in [7, 11) is 3.26. The van der Waals surface area contributed by atoms with Crippen LogP contribution in [0.1, 0.15) is 6.42 Å². The summed E-state index contributed by atoms with van der Waals surface area (Å²) in [6.45, 7) is 1.07. The molecule has 5 heteroatoms. The van der Waals surface area contributed by atoms with E-state index in [2.05, 4.69) is 0 Å². The molecular formula is C8H15FN2O2. The van der Waals surface area contributed by atoms with Crippen molar-refractivity contribution < 1.29 is 14.3 Å². The highest BCUT2D eigenvalue weighted by Crippen LogP contribution is 2.17. The molecule has 76 valence electrons. The van der Waals surface area contributed by atoms with Gasteiger partial charge in [0.05, 0.1) is 6.04 Å². The average Bonchev–Trinajstić information content (AvgIpc) is 2.03. The van der Waals surface area contributed by atoms with Crippen LogP contribution in [-0.4, -0.2) is 60.4 Å². The van der Waals surface area contributed by atoms with Crippen molar-refractivity contribution in [1.82, 2.24) is 9.80 Å². The molecule has 1 aliphatic heterocycles. The number of likely N-dealkylation sites (tertiary alicyclic amines) is 1. The summed E-state index contributed by atoms with van der Waals surface area (Å²) in [4.78, 5) is 13.5. The van der Waals surface area contributed by atoms with Crippen molar-refractivity contribution in [3.05, 3.63) is 0 Å². The van der Waals surface area contributed by atoms with Crippen LogP contribution in [0.4, 0.5) is 9.18 Å². The van der Waals surface area contributed by atoms with Crippen LogP contribution >= 0.6 is 0 Å². The first kappa shape index (κ1) is 10.2. The average molecular weight is 190 g/mol. The van der Waals surface area contributed by atoms with Gasteiger partial charge in [0.1, 0.15) is 6.17 Å². The Bertz CT molecular complexity index is 201. The molecular weight excluding hydrogens is 175 g/mol. The standard InChI is InChI=1S/C8H15FN2O2/c1-10-4-3-7(6(9)5-10)11(2)8(12)13/h6-7H,3-5H2,1-2H3,(H,12,13). The van der Waals surface area contributed by atoms with Gasteiger partial charge in [-0.2, -0.15) is 0 Å². The van der Waals surface area contributed by atoms with E-state index in [9.17, 15) is 9.18 Å². The minimum Gasteiger partial charge on any atom is -0.465 e. The quantitative estimate of drug-likeness (QED) is 0.659. The highest BCUT2D eigenvalue weighted by molar-refractivity contribution is 5.65. The lowest BCUT2D eigenvalue weighted by Crippen LogP contribution is -2.51. The number of nitrogens with zero attached hydrogens (tertiary/aromatic N) is 2. The maximum Gasteiger partial charge on any atom is 0.407 e. The van der Waals surface area contributed by atoms with Crippen molar-refractivity contribution in [2.75, 3.05) is 27.2 Å². The molecule has 1 fully saturated rings. The number of carbonyl (C=O) groups is 1. The number of hydrogen-bond donors (Lipinski definition) is 1. The van der Waals surface area contributed by atoms with E-state index in [0.717, 1.165) is 11.4 Å². The van der Waals surface area contributed by atoms with E-state index in [1.165, 1.54) is 7.05 Å². The van der Waals surface area contributed by atoms with Gasteiger partial charge in [-0.1, -0.05) is 0 Å². The third kappa shape index (κ3) is 2.30. The van der Waals surface area contributed by atoms with Crippen LogP contribution in [0.15, 0.2) is 0 Å². The smallest absolute Gasteiger partial charge is 0.407 e. The molecule has 1 rings (SSSR count). The Kier molecular flexibility index (Phi) is 3.08. The normalized spacial score (nSPS) is 30.1. The van der Waals surface area contributed by atoms with Gasteiger partial charge in [-0.05, 0) is 13.5 Å². The molecule has 4 nitrogen and oxygen atoms in total. The summed E-state index contributed by atoms with van der Waals surface area (Å²) in [6, 6.07) is -0.478. The molecule has 1 aliphatic rings. The van der Waals surface area contributed by atoms with E-state index in [-0.39, 0.29) is 0 Å². The summed E-state index contributed by atoms with van der Waals surface area (Å²) in [5.74, 6) is 0. The Morgan fingerprint density at radius 1 is 1.69 bits per heavy atom. The van der Waals surface area contributed by atoms with Crippen LogP contribution in [0.2, 0.25) is 0 Å². The minimum absolute atomic E-state index is 0.322. The minimum atomic E-state index is -1.07. The van der Waals surface area contributed by atoms with Crippen LogP contribution in [0.3, 0.4) is 0 Å². The van der Waals surface area contributed by atoms with E-state index in [0.29, 0.717) is 13.0 Å². The molecule has 0 spiro atoms. The number of hydrogen-bond acceptors (Lipinski definition) is 2. The molecule has 0 aromatic carbocycles. The van der Waals surface area contributed by atoms with Gasteiger partial charge in [0, 0.05) is 20.1 Å². The van der Waals surface area contributed by atoms with E-state index in [1.807, 2.05) is 11.9 Å². The van der Waals surface area contributed by atoms with Gasteiger partial charge >= 0.3 is 6.09 Å². The predicted molar refractivity (Wildman–Crippen MR) is 46.6 cm³/mol. The van der Waals surface area contributed by atoms with Gasteiger partial charge in [0.25, 0.3) is 0 Å². The third-order valence-corrected chi connectivity index (χ3v) is 2.51. The zero-order valence-corrected chi connectivity index (χ0v) is 7.90. The highest BCUT2D eigenvalue weighted by atomic mass is 19.1. The number of rotatable bonds is 1. The molecule has 1 heterocycles. The topological polar surface area (TPSA) is 43.8 Å². The maximum absolute atomic E-state index is 13.4. The fraction of sp³-hybridized carbons (Fsp3) is 0.875. The Labute approximate surface area is 76.9 Å². The third-order valence-electron chi connectivity index (χ3n) is 2.51. The lowest BCUT2D eigenvalue weighted by molar-refractivity contribution is 0.0559. The molecule has 0 radical (unpaired) electrons. The Hall–Kier alpha value is -0.840. The number of amides is 1. The summed E-state index contributed by atoms with van der Waals surface area (Å²) < 4.78 is 13.4. The van der Waals surface area contributed by atoms with E-state index >= 15 is 0 Å². The molecule has 0 bridgehead atoms. The van der Waals surface area contributed by atoms with Crippen molar-refractivity contribution in [1.29, 1.82) is 0 Å². The first-order valence-electron chi connectivity index (χ1n) is 4.30. The van der Waals surface area contributed by atoms with Crippen LogP contribution in [0, 0.1) is 0 Å². The van der Waals surface area contributed by atoms with Gasteiger partial charge < -0.3 is 14.9 Å². The molecule has 13 heavy (non-hydrogen) atoms. The van der Waals surface area contributed by atoms with Crippen molar-refractivity contribution in [2.24, 2.45) is 0 Å². The van der Waals surface area contributed by atoms with E-state index < -0.39 is 18.3 Å². The molecule has 1 N–H and O–H groups in total. The molecule has 1 amide bonds. The lowest BCUT2D eigenvalue weighted by Gasteiger charge is -2.36. The maximum atomic E-state index is 13.4. The van der Waals surface area contributed by atoms with Gasteiger partial charge in [-0.3, -0.25) is 0 Å². The van der Waals surface area contributed by atoms with Crippen LogP contribution in [0.25, 0.3) is 0 Å². The summed E-state index contributed by atoms with van der Waals surface area (Å²) in [5, 5.41) is 8.66. The van der Waals surface area contributed by atoms with E-state index in [4.69, 9.17) is 5.11 Å². The largest absolute Gasteiger partial charge is 0.465 e. The lowest BCUT2D eigenvalue weighted by atomic mass is 10.0. The number of halogens is 1. The summed E-state index contributed by atoms with van der Waals surface area (Å²) in [5.41, 5.74) is 0. The second-order valence-corrected chi connectivity index (χ2v) is 3.53. The van der Waals surface area contributed by atoms with Crippen LogP contribution in [0.5, 0.6) is 0 Å². The first-order chi connectivity index (χ1) is 6.02. The SMILES string of the molecule is CN1CCC(N(C)C(=O)O)C(F)C1. The second kappa shape index (κ2) is 3.91. The summed E-state index contributed by atoms with van der Waals surface area (Å²) >= 11 is 0. The highest BCUT2D eigenvalue weighted by Gasteiger charge is 2.32. The van der Waals surface area contributed by atoms with Gasteiger partial charge in [-0.15, -0.1) is 0 Å². The molecule has 0 saturated carbocycles. The monoisotopic (exact) mass is 190 g/mol. The zero-order valence-electron chi connectivity index (χ0n) is 7.90. The van der Waals surface area contributed by atoms with Crippen molar-refractivity contribution >= 4 is 6.09 Å². The Morgan fingerprint density at radius 3 is 2.77 bits per heavy atom. The van der Waals surface area contributed by atoms with Crippen molar-refractivity contribution in [3.8, 4) is 0 Å². The fourth-order valence-corrected chi connectivity index (χ4v) is 1.62. The van der Waals surface area contributed by atoms with Crippen LogP contribution in [-0.2, 0) is 0 Å². The number of carboxylic acid groups (broad SMARTS) is 1. The number of piperidine rings is 1. The summed E-state index contributed by atoms with van der Waals surface area (Å²) in [6.07, 6.45) is -1.56. The van der Waals surface area contributed by atoms with Crippen molar-refractivity contribution in [3.63, 3.8) is 0 Å². The Balaban J connectivity index is 2.55. The Morgan fingerprint density at radius 2 is 2.31 bits per heavy atom. The molecule has 0 aromatic heterocycles. The first-order valence-corrected chi connectivity index (χ1v) is 4.30. The molecule has 1 saturated heterocycles. The fourth-order valence-electron chi connectivity index (χ4n) is 1.62. The van der Waals surface area contributed by atoms with Gasteiger partial charge in [0.15, 0.2) is 0 Å². The second-order valence-electron chi connectivity index (χ2n) is 3.53. The molecule has 2 unspecified atom stereocenters. The van der Waals surface area contributed by atoms with Crippen LogP contribution < -0.4 is 0 Å². The predicted octanol–water partition coefficient (Wildman–Crippen LogP) is 0.638. The zero-order chi connectivity index (χ0) is 10.0.